The van der Waals surface area contributed by atoms with Gasteiger partial charge in [0.25, 0.3) is 0 Å². The number of benzene rings is 3. The maximum atomic E-state index is 13.6. The minimum absolute atomic E-state index is 0.323. The highest BCUT2D eigenvalue weighted by Gasteiger charge is 2.64. The zero-order chi connectivity index (χ0) is 22.3. The fourth-order valence-corrected chi connectivity index (χ4v) is 4.42. The number of fused-ring (bicyclic) bond motifs is 2. The number of nitrogens with one attached hydrogen (secondary N) is 1. The molecule has 7 nitrogen and oxygen atoms in total. The minimum atomic E-state index is -1.44. The van der Waals surface area contributed by atoms with E-state index in [1.807, 2.05) is 24.3 Å². The Morgan fingerprint density at radius 2 is 1.69 bits per heavy atom. The lowest BCUT2D eigenvalue weighted by Crippen LogP contribution is -2.52. The molecule has 7 heteroatoms. The van der Waals surface area contributed by atoms with E-state index in [0.717, 1.165) is 0 Å². The van der Waals surface area contributed by atoms with Crippen molar-refractivity contribution in [1.82, 2.24) is 0 Å². The molecule has 2 aliphatic rings. The fourth-order valence-electron chi connectivity index (χ4n) is 4.42. The number of carbonyl (C=O) groups is 2. The van der Waals surface area contributed by atoms with Gasteiger partial charge in [0.05, 0.1) is 14.2 Å². The van der Waals surface area contributed by atoms with Crippen molar-refractivity contribution in [3.8, 4) is 11.5 Å². The van der Waals surface area contributed by atoms with Gasteiger partial charge >= 0.3 is 0 Å². The Kier molecular flexibility index (Phi) is 4.66. The molecular weight excluding hydrogens is 408 g/mol. The summed E-state index contributed by atoms with van der Waals surface area (Å²) in [6.07, 6.45) is -1.16. The van der Waals surface area contributed by atoms with Gasteiger partial charge in [-0.05, 0) is 24.3 Å². The van der Waals surface area contributed by atoms with E-state index in [9.17, 15) is 9.59 Å². The van der Waals surface area contributed by atoms with Crippen molar-refractivity contribution in [3.05, 3.63) is 89.5 Å². The summed E-state index contributed by atoms with van der Waals surface area (Å²) in [7, 11) is 3.08. The fraction of sp³-hybridized carbons (Fsp3) is 0.160. The third-order valence-electron chi connectivity index (χ3n) is 5.93. The topological polar surface area (TPSA) is 86.2 Å². The van der Waals surface area contributed by atoms with Crippen molar-refractivity contribution >= 4 is 23.1 Å². The van der Waals surface area contributed by atoms with Crippen LogP contribution in [0.2, 0.25) is 0 Å². The van der Waals surface area contributed by atoms with E-state index in [4.69, 9.17) is 14.3 Å². The van der Waals surface area contributed by atoms with Gasteiger partial charge in [0.1, 0.15) is 5.71 Å². The second-order valence-corrected chi connectivity index (χ2v) is 7.53. The highest BCUT2D eigenvalue weighted by Crippen LogP contribution is 2.48. The molecule has 2 heterocycles. The third-order valence-corrected chi connectivity index (χ3v) is 5.93. The Hall–Kier alpha value is -4.13. The number of nitrogens with zero attached hydrogens (tertiary/aromatic N) is 1. The number of amides is 1. The lowest BCUT2D eigenvalue weighted by molar-refractivity contribution is -0.120. The van der Waals surface area contributed by atoms with Crippen molar-refractivity contribution in [1.29, 1.82) is 0 Å². The van der Waals surface area contributed by atoms with Gasteiger partial charge in [0.15, 0.2) is 16.9 Å². The molecule has 0 saturated heterocycles. The summed E-state index contributed by atoms with van der Waals surface area (Å²) in [6.45, 7) is 0. The molecule has 0 bridgehead atoms. The summed E-state index contributed by atoms with van der Waals surface area (Å²) in [5.74, 6) is 0.334. The van der Waals surface area contributed by atoms with Crippen LogP contribution in [-0.2, 0) is 15.0 Å². The maximum Gasteiger partial charge on any atom is 0.245 e. The van der Waals surface area contributed by atoms with Gasteiger partial charge in [0.2, 0.25) is 17.8 Å². The molecule has 0 fully saturated rings. The van der Waals surface area contributed by atoms with Gasteiger partial charge in [-0.25, -0.2) is 0 Å². The van der Waals surface area contributed by atoms with Gasteiger partial charge in [-0.2, -0.15) is 0 Å². The van der Waals surface area contributed by atoms with Crippen LogP contribution in [0.15, 0.2) is 78.0 Å². The van der Waals surface area contributed by atoms with Crippen LogP contribution in [0, 0.1) is 0 Å². The number of Topliss-reactive ketones (excluding diaryl/α,β-unsaturated/α-hetero) is 1. The standard InChI is InChI=1S/C25H20N2O5/c1-30-19-13-12-16(14-20(19)31-2)22-25(17-10-6-7-11-18(17)26-24(25)29)23(32-27-22)21(28)15-8-4-3-5-9-15/h3-14,23H,1-2H3,(H,26,29)/t23-,25-/m0/s1. The first-order valence-electron chi connectivity index (χ1n) is 10.1. The monoisotopic (exact) mass is 428 g/mol. The number of oxime groups is 1. The predicted molar refractivity (Wildman–Crippen MR) is 118 cm³/mol. The Bertz CT molecular complexity index is 1250. The van der Waals surface area contributed by atoms with Crippen molar-refractivity contribution in [2.45, 2.75) is 11.5 Å². The van der Waals surface area contributed by atoms with Crippen LogP contribution in [0.5, 0.6) is 11.5 Å². The molecule has 3 aromatic carbocycles. The van der Waals surface area contributed by atoms with Crippen molar-refractivity contribution < 1.29 is 23.9 Å². The normalized spacial score (nSPS) is 20.9. The molecule has 32 heavy (non-hydrogen) atoms. The third kappa shape index (κ3) is 2.71. The molecule has 1 amide bonds. The molecule has 2 aliphatic heterocycles. The molecule has 0 unspecified atom stereocenters. The number of ketones is 1. The number of ether oxygens (including phenoxy) is 2. The Morgan fingerprint density at radius 3 is 2.44 bits per heavy atom. The minimum Gasteiger partial charge on any atom is -0.493 e. The number of para-hydroxylation sites is 1. The SMILES string of the molecule is COc1ccc(C2=NO[C@@H](C(=O)c3ccccc3)[C@@]23C(=O)Nc2ccccc23)cc1OC. The van der Waals surface area contributed by atoms with Crippen LogP contribution in [0.4, 0.5) is 5.69 Å². The van der Waals surface area contributed by atoms with E-state index in [-0.39, 0.29) is 11.7 Å². The first-order chi connectivity index (χ1) is 15.6. The molecule has 0 radical (unpaired) electrons. The highest BCUT2D eigenvalue weighted by molar-refractivity contribution is 6.31. The van der Waals surface area contributed by atoms with Gasteiger partial charge in [-0.1, -0.05) is 53.7 Å². The average Bonchev–Trinajstić information content (AvgIpc) is 3.38. The molecule has 0 saturated carbocycles. The van der Waals surface area contributed by atoms with E-state index in [1.54, 1.807) is 55.6 Å². The molecule has 0 aromatic heterocycles. The number of anilines is 1. The maximum absolute atomic E-state index is 13.6. The van der Waals surface area contributed by atoms with Gasteiger partial charge in [0, 0.05) is 22.4 Å². The molecule has 3 aromatic rings. The number of rotatable bonds is 5. The Balaban J connectivity index is 1.71. The molecule has 5 rings (SSSR count). The summed E-state index contributed by atoms with van der Waals surface area (Å²) >= 11 is 0. The largest absolute Gasteiger partial charge is 0.493 e. The van der Waals surface area contributed by atoms with E-state index in [0.29, 0.717) is 39.6 Å². The van der Waals surface area contributed by atoms with Crippen LogP contribution in [-0.4, -0.2) is 37.7 Å². The van der Waals surface area contributed by atoms with E-state index < -0.39 is 11.5 Å². The van der Waals surface area contributed by atoms with Crippen LogP contribution >= 0.6 is 0 Å². The van der Waals surface area contributed by atoms with Crippen molar-refractivity contribution in [2.75, 3.05) is 19.5 Å². The van der Waals surface area contributed by atoms with Crippen LogP contribution in [0.1, 0.15) is 21.5 Å². The zero-order valence-corrected chi connectivity index (χ0v) is 17.5. The lowest BCUT2D eigenvalue weighted by Gasteiger charge is -2.27. The molecule has 0 aliphatic carbocycles. The second kappa shape index (κ2) is 7.53. The number of carbonyl (C=O) groups excluding carboxylic acids is 2. The quantitative estimate of drug-likeness (QED) is 0.628. The second-order valence-electron chi connectivity index (χ2n) is 7.53. The Morgan fingerprint density at radius 1 is 0.969 bits per heavy atom. The summed E-state index contributed by atoms with van der Waals surface area (Å²) < 4.78 is 10.8. The summed E-state index contributed by atoms with van der Waals surface area (Å²) in [4.78, 5) is 32.9. The molecule has 1 N–H and O–H groups in total. The lowest BCUT2D eigenvalue weighted by atomic mass is 9.69. The number of hydrogen-bond acceptors (Lipinski definition) is 6. The van der Waals surface area contributed by atoms with E-state index >= 15 is 0 Å². The van der Waals surface area contributed by atoms with Crippen LogP contribution < -0.4 is 14.8 Å². The highest BCUT2D eigenvalue weighted by atomic mass is 16.6. The summed E-state index contributed by atoms with van der Waals surface area (Å²) in [6, 6.07) is 21.3. The number of methoxy groups -OCH3 is 2. The molecular formula is C25H20N2O5. The first kappa shape index (κ1) is 19.8. The molecule has 160 valence electrons. The Labute approximate surface area is 184 Å². The number of hydrogen-bond donors (Lipinski definition) is 1. The van der Waals surface area contributed by atoms with Crippen molar-refractivity contribution in [2.24, 2.45) is 5.16 Å². The van der Waals surface area contributed by atoms with E-state index in [1.165, 1.54) is 7.11 Å². The van der Waals surface area contributed by atoms with Crippen LogP contribution in [0.25, 0.3) is 0 Å². The first-order valence-corrected chi connectivity index (χ1v) is 10.1. The van der Waals surface area contributed by atoms with Crippen LogP contribution in [0.3, 0.4) is 0 Å². The zero-order valence-electron chi connectivity index (χ0n) is 17.5. The van der Waals surface area contributed by atoms with E-state index in [2.05, 4.69) is 10.5 Å². The van der Waals surface area contributed by atoms with Gasteiger partial charge in [-0.3, -0.25) is 9.59 Å². The van der Waals surface area contributed by atoms with Gasteiger partial charge in [-0.15, -0.1) is 0 Å². The average molecular weight is 428 g/mol. The summed E-state index contributed by atoms with van der Waals surface area (Å²) in [5, 5.41) is 7.20. The molecule has 2 atom stereocenters. The van der Waals surface area contributed by atoms with Crippen molar-refractivity contribution in [3.63, 3.8) is 0 Å². The van der Waals surface area contributed by atoms with Gasteiger partial charge < -0.3 is 19.6 Å². The smallest absolute Gasteiger partial charge is 0.245 e. The molecule has 1 spiro atoms. The summed E-state index contributed by atoms with van der Waals surface area (Å²) in [5.41, 5.74) is 1.21. The predicted octanol–water partition coefficient (Wildman–Crippen LogP) is 3.58.